The summed E-state index contributed by atoms with van der Waals surface area (Å²) >= 11 is 0. The number of nitrogens with one attached hydrogen (secondary N) is 1. The Balaban J connectivity index is 1.49. The smallest absolute Gasteiger partial charge is 0.389 e. The maximum atomic E-state index is 12.6. The number of nitriles is 1. The fourth-order valence-corrected chi connectivity index (χ4v) is 6.20. The largest absolute Gasteiger partial charge is 0.570 e. The molecule has 0 aromatic heterocycles. The molecule has 1 N–H and O–H groups in total. The van der Waals surface area contributed by atoms with Crippen molar-refractivity contribution in [2.45, 2.75) is 69.0 Å². The summed E-state index contributed by atoms with van der Waals surface area (Å²) in [6, 6.07) is 10.7. The predicted molar refractivity (Wildman–Crippen MR) is 101 cm³/mol. The zero-order valence-electron chi connectivity index (χ0n) is 16.0. The fraction of sp³-hybridized carbons (Fsp3) is 0.632. The molecule has 0 spiro atoms. The first kappa shape index (κ1) is 18.9. The third kappa shape index (κ3) is 3.01. The number of sulfonamides is 1. The van der Waals surface area contributed by atoms with Gasteiger partial charge in [0.1, 0.15) is 0 Å². The van der Waals surface area contributed by atoms with Crippen LogP contribution < -0.4 is 4.63 Å². The van der Waals surface area contributed by atoms with Crippen molar-refractivity contribution in [3.63, 3.8) is 0 Å². The number of nitrogens with zero attached hydrogens (tertiary/aromatic N) is 1. The number of hydrogen-bond donors (Lipinski definition) is 1. The van der Waals surface area contributed by atoms with E-state index in [0.29, 0.717) is 0 Å². The van der Waals surface area contributed by atoms with Gasteiger partial charge in [-0.05, 0) is 70.4 Å². The maximum absolute atomic E-state index is 12.6. The molecule has 0 radical (unpaired) electrons. The minimum atomic E-state index is -3.73. The average Bonchev–Trinajstić information content (AvgIpc) is 3.16. The van der Waals surface area contributed by atoms with Crippen molar-refractivity contribution in [1.82, 2.24) is 4.63 Å². The van der Waals surface area contributed by atoms with Crippen LogP contribution in [0.25, 0.3) is 0 Å². The normalized spacial score (nSPS) is 37.0. The van der Waals surface area contributed by atoms with Gasteiger partial charge in [0, 0.05) is 0 Å². The van der Waals surface area contributed by atoms with E-state index in [1.165, 1.54) is 12.1 Å². The number of hydrogen-bond acceptors (Lipinski definition) is 5. The topological polar surface area (TPSA) is 88.4 Å². The lowest BCUT2D eigenvalue weighted by Gasteiger charge is -2.49. The second-order valence-corrected chi connectivity index (χ2v) is 10.9. The van der Waals surface area contributed by atoms with Crippen LogP contribution in [0.15, 0.2) is 35.2 Å². The van der Waals surface area contributed by atoms with Gasteiger partial charge in [-0.25, -0.2) is 8.42 Å². The highest BCUT2D eigenvalue weighted by molar-refractivity contribution is 7.90. The van der Waals surface area contributed by atoms with Crippen molar-refractivity contribution in [1.29, 1.82) is 5.26 Å². The van der Waals surface area contributed by atoms with E-state index in [0.717, 1.165) is 32.1 Å². The van der Waals surface area contributed by atoms with Gasteiger partial charge in [0.2, 0.25) is 10.0 Å². The van der Waals surface area contributed by atoms with Gasteiger partial charge in [-0.2, -0.15) is 9.89 Å². The van der Waals surface area contributed by atoms with Gasteiger partial charge in [0.25, 0.3) is 0 Å². The summed E-state index contributed by atoms with van der Waals surface area (Å²) < 4.78 is 39.8. The Kier molecular flexibility index (Phi) is 4.07. The van der Waals surface area contributed by atoms with Crippen molar-refractivity contribution in [3.05, 3.63) is 30.3 Å². The molecule has 6 nitrogen and oxygen atoms in total. The van der Waals surface area contributed by atoms with Gasteiger partial charge >= 0.3 is 7.25 Å². The third-order valence-electron chi connectivity index (χ3n) is 6.86. The fourth-order valence-electron chi connectivity index (χ4n) is 5.20. The van der Waals surface area contributed by atoms with E-state index in [-0.39, 0.29) is 15.7 Å². The van der Waals surface area contributed by atoms with Crippen molar-refractivity contribution in [2.24, 2.45) is 10.8 Å². The van der Waals surface area contributed by atoms with Crippen LogP contribution in [0.3, 0.4) is 0 Å². The Morgan fingerprint density at radius 3 is 2.41 bits per heavy atom. The van der Waals surface area contributed by atoms with E-state index < -0.39 is 28.5 Å². The molecule has 2 bridgehead atoms. The zero-order chi connectivity index (χ0) is 19.6. The Morgan fingerprint density at radius 2 is 1.81 bits per heavy atom. The van der Waals surface area contributed by atoms with Gasteiger partial charge in [-0.3, -0.25) is 0 Å². The lowest BCUT2D eigenvalue weighted by atomic mass is 9.56. The van der Waals surface area contributed by atoms with Gasteiger partial charge in [0.15, 0.2) is 0 Å². The Morgan fingerprint density at radius 1 is 1.15 bits per heavy atom. The molecule has 1 aromatic carbocycles. The van der Waals surface area contributed by atoms with Gasteiger partial charge in [-0.1, -0.05) is 18.2 Å². The van der Waals surface area contributed by atoms with Crippen LogP contribution in [0.1, 0.15) is 52.9 Å². The molecule has 4 aliphatic rings. The molecule has 1 heterocycles. The summed E-state index contributed by atoms with van der Waals surface area (Å²) in [5, 5.41) is 9.40. The molecule has 5 rings (SSSR count). The molecular weight excluding hydrogens is 363 g/mol. The lowest BCUT2D eigenvalue weighted by Crippen LogP contribution is -2.51. The standard InChI is InChI=1S/C19H25BN2O4S/c1-16(2)17(3,11-18-9-10-19(12-18,13-18)14-21)26-20(25-16)22-27(23,24)15-7-5-4-6-8-15/h4-8,22H,9-13H2,1-3H3. The van der Waals surface area contributed by atoms with Crippen molar-refractivity contribution < 1.29 is 17.7 Å². The Bertz CT molecular complexity index is 890. The minimum Gasteiger partial charge on any atom is -0.389 e. The van der Waals surface area contributed by atoms with Crippen LogP contribution in [-0.2, 0) is 19.3 Å². The SMILES string of the molecule is CC1(C)OB(NS(=O)(=O)c2ccccc2)OC1(C)CC12CCC(C#N)(C1)C2. The highest BCUT2D eigenvalue weighted by Gasteiger charge is 2.66. The van der Waals surface area contributed by atoms with Crippen LogP contribution in [0, 0.1) is 22.2 Å². The molecule has 1 atom stereocenters. The summed E-state index contributed by atoms with van der Waals surface area (Å²) in [6.45, 7) is 5.86. The molecule has 27 heavy (non-hydrogen) atoms. The van der Waals surface area contributed by atoms with Crippen molar-refractivity contribution in [3.8, 4) is 6.07 Å². The molecule has 1 aromatic rings. The predicted octanol–water partition coefficient (Wildman–Crippen LogP) is 3.01. The average molecular weight is 388 g/mol. The summed E-state index contributed by atoms with van der Waals surface area (Å²) in [5.74, 6) is 0. The van der Waals surface area contributed by atoms with Gasteiger partial charge < -0.3 is 9.31 Å². The highest BCUT2D eigenvalue weighted by Crippen LogP contribution is 2.70. The van der Waals surface area contributed by atoms with E-state index in [2.05, 4.69) is 10.7 Å². The monoisotopic (exact) mass is 388 g/mol. The first-order valence-electron chi connectivity index (χ1n) is 9.37. The molecule has 4 fully saturated rings. The Hall–Kier alpha value is -1.40. The van der Waals surface area contributed by atoms with Crippen LogP contribution in [0.5, 0.6) is 0 Å². The molecule has 8 heteroatoms. The Labute approximate surface area is 161 Å². The first-order chi connectivity index (χ1) is 12.5. The van der Waals surface area contributed by atoms with Crippen LogP contribution in [0.2, 0.25) is 0 Å². The first-order valence-corrected chi connectivity index (χ1v) is 10.9. The van der Waals surface area contributed by atoms with E-state index in [4.69, 9.17) is 9.31 Å². The number of rotatable bonds is 5. The van der Waals surface area contributed by atoms with Crippen molar-refractivity contribution in [2.75, 3.05) is 0 Å². The molecule has 0 amide bonds. The van der Waals surface area contributed by atoms with E-state index >= 15 is 0 Å². The molecular formula is C19H25BN2O4S. The molecule has 1 saturated heterocycles. The summed E-state index contributed by atoms with van der Waals surface area (Å²) in [6.07, 6.45) is 4.55. The molecule has 3 aliphatic carbocycles. The van der Waals surface area contributed by atoms with Crippen LogP contribution in [-0.4, -0.2) is 26.9 Å². The second kappa shape index (κ2) is 5.80. The molecule has 144 valence electrons. The van der Waals surface area contributed by atoms with Gasteiger partial charge in [0.05, 0.1) is 27.6 Å². The highest BCUT2D eigenvalue weighted by atomic mass is 32.2. The van der Waals surface area contributed by atoms with E-state index in [1.807, 2.05) is 20.8 Å². The molecule has 1 unspecified atom stereocenters. The second-order valence-electron chi connectivity index (χ2n) is 9.17. The van der Waals surface area contributed by atoms with Gasteiger partial charge in [-0.15, -0.1) is 0 Å². The van der Waals surface area contributed by atoms with E-state index in [9.17, 15) is 13.7 Å². The van der Waals surface area contributed by atoms with E-state index in [1.54, 1.807) is 18.2 Å². The zero-order valence-corrected chi connectivity index (χ0v) is 16.8. The minimum absolute atomic E-state index is 0.109. The molecule has 1 aliphatic heterocycles. The maximum Gasteiger partial charge on any atom is 0.570 e. The molecule has 3 saturated carbocycles. The number of fused-ring (bicyclic) bond motifs is 1. The van der Waals surface area contributed by atoms with Crippen LogP contribution >= 0.6 is 0 Å². The summed E-state index contributed by atoms with van der Waals surface area (Å²) in [5.41, 5.74) is -1.32. The summed E-state index contributed by atoms with van der Waals surface area (Å²) in [7, 11) is -4.77. The lowest BCUT2D eigenvalue weighted by molar-refractivity contribution is -0.0687. The summed E-state index contributed by atoms with van der Waals surface area (Å²) in [4.78, 5) is 0.177. The van der Waals surface area contributed by atoms with Crippen LogP contribution in [0.4, 0.5) is 0 Å². The van der Waals surface area contributed by atoms with Crippen molar-refractivity contribution >= 4 is 17.3 Å². The quantitative estimate of drug-likeness (QED) is 0.784. The number of benzene rings is 1. The third-order valence-corrected chi connectivity index (χ3v) is 8.25.